The molecule has 1 rings (SSSR count). The summed E-state index contributed by atoms with van der Waals surface area (Å²) in [6.45, 7) is 3.86. The lowest BCUT2D eigenvalue weighted by Crippen LogP contribution is -2.07. The number of aromatic nitrogens is 1. The molecular formula is C9H14N2O. The Hall–Kier alpha value is -1.09. The van der Waals surface area contributed by atoms with Crippen LogP contribution in [0.5, 0.6) is 5.75 Å². The van der Waals surface area contributed by atoms with Crippen LogP contribution in [0.1, 0.15) is 24.2 Å². The lowest BCUT2D eigenvalue weighted by atomic mass is 10.1. The standard InChI is InChI=1S/C9H14N2O/c1-6-4-8(7(2)10)9(12-3)5-11-6/h4-5,7H,10H2,1-3H3. The minimum absolute atomic E-state index is 0.0124. The number of rotatable bonds is 2. The van der Waals surface area contributed by atoms with E-state index in [4.69, 9.17) is 10.5 Å². The molecule has 0 radical (unpaired) electrons. The summed E-state index contributed by atoms with van der Waals surface area (Å²) in [6, 6.07) is 1.94. The van der Waals surface area contributed by atoms with E-state index in [1.807, 2.05) is 19.9 Å². The number of aryl methyl sites for hydroxylation is 1. The molecule has 0 aliphatic heterocycles. The van der Waals surface area contributed by atoms with Crippen LogP contribution in [0.3, 0.4) is 0 Å². The lowest BCUT2D eigenvalue weighted by Gasteiger charge is -2.11. The Morgan fingerprint density at radius 2 is 2.25 bits per heavy atom. The minimum Gasteiger partial charge on any atom is -0.495 e. The van der Waals surface area contributed by atoms with Gasteiger partial charge in [-0.25, -0.2) is 0 Å². The summed E-state index contributed by atoms with van der Waals surface area (Å²) in [7, 11) is 1.62. The normalized spacial score (nSPS) is 12.7. The predicted octanol–water partition coefficient (Wildman–Crippen LogP) is 1.42. The van der Waals surface area contributed by atoms with Gasteiger partial charge >= 0.3 is 0 Å². The summed E-state index contributed by atoms with van der Waals surface area (Å²) in [5.41, 5.74) is 7.72. The Morgan fingerprint density at radius 1 is 1.58 bits per heavy atom. The largest absolute Gasteiger partial charge is 0.495 e. The Kier molecular flexibility index (Phi) is 2.65. The molecule has 1 unspecified atom stereocenters. The van der Waals surface area contributed by atoms with Gasteiger partial charge in [0.1, 0.15) is 5.75 Å². The van der Waals surface area contributed by atoms with Crippen molar-refractivity contribution in [3.05, 3.63) is 23.5 Å². The topological polar surface area (TPSA) is 48.1 Å². The molecule has 2 N–H and O–H groups in total. The van der Waals surface area contributed by atoms with E-state index < -0.39 is 0 Å². The maximum Gasteiger partial charge on any atom is 0.141 e. The van der Waals surface area contributed by atoms with Crippen LogP contribution in [0, 0.1) is 6.92 Å². The fraction of sp³-hybridized carbons (Fsp3) is 0.444. The van der Waals surface area contributed by atoms with Gasteiger partial charge < -0.3 is 10.5 Å². The van der Waals surface area contributed by atoms with Gasteiger partial charge in [0.25, 0.3) is 0 Å². The Labute approximate surface area is 72.6 Å². The number of ether oxygens (including phenoxy) is 1. The van der Waals surface area contributed by atoms with Crippen molar-refractivity contribution in [2.24, 2.45) is 5.73 Å². The molecule has 0 aliphatic rings. The van der Waals surface area contributed by atoms with Gasteiger partial charge in [-0.1, -0.05) is 0 Å². The van der Waals surface area contributed by atoms with Gasteiger partial charge in [0.05, 0.1) is 13.3 Å². The van der Waals surface area contributed by atoms with E-state index in [1.54, 1.807) is 13.3 Å². The molecule has 0 aliphatic carbocycles. The van der Waals surface area contributed by atoms with Gasteiger partial charge in [-0.05, 0) is 19.9 Å². The van der Waals surface area contributed by atoms with E-state index in [0.717, 1.165) is 17.0 Å². The molecule has 1 atom stereocenters. The lowest BCUT2D eigenvalue weighted by molar-refractivity contribution is 0.404. The molecular weight excluding hydrogens is 152 g/mol. The first-order valence-corrected chi connectivity index (χ1v) is 3.91. The molecule has 0 fully saturated rings. The van der Waals surface area contributed by atoms with Crippen LogP contribution in [-0.4, -0.2) is 12.1 Å². The van der Waals surface area contributed by atoms with E-state index >= 15 is 0 Å². The summed E-state index contributed by atoms with van der Waals surface area (Å²) in [6.07, 6.45) is 1.70. The number of pyridine rings is 1. The third-order valence-electron chi connectivity index (χ3n) is 1.74. The van der Waals surface area contributed by atoms with Gasteiger partial charge in [0.2, 0.25) is 0 Å². The van der Waals surface area contributed by atoms with Crippen molar-refractivity contribution < 1.29 is 4.74 Å². The van der Waals surface area contributed by atoms with Crippen LogP contribution >= 0.6 is 0 Å². The van der Waals surface area contributed by atoms with E-state index in [2.05, 4.69) is 4.98 Å². The second-order valence-electron chi connectivity index (χ2n) is 2.86. The van der Waals surface area contributed by atoms with Gasteiger partial charge in [-0.3, -0.25) is 4.98 Å². The Bertz CT molecular complexity index is 271. The SMILES string of the molecule is COc1cnc(C)cc1C(C)N. The van der Waals surface area contributed by atoms with Crippen molar-refractivity contribution in [2.75, 3.05) is 7.11 Å². The molecule has 0 amide bonds. The number of nitrogens with two attached hydrogens (primary N) is 1. The highest BCUT2D eigenvalue weighted by Gasteiger charge is 2.07. The second-order valence-corrected chi connectivity index (χ2v) is 2.86. The third kappa shape index (κ3) is 1.74. The average Bonchev–Trinajstić information content (AvgIpc) is 2.04. The van der Waals surface area contributed by atoms with Crippen LogP contribution in [0.4, 0.5) is 0 Å². The van der Waals surface area contributed by atoms with E-state index in [9.17, 15) is 0 Å². The summed E-state index contributed by atoms with van der Waals surface area (Å²) in [4.78, 5) is 4.11. The fourth-order valence-electron chi connectivity index (χ4n) is 1.09. The molecule has 0 saturated carbocycles. The summed E-state index contributed by atoms with van der Waals surface area (Å²) < 4.78 is 5.12. The number of nitrogens with zero attached hydrogens (tertiary/aromatic N) is 1. The highest BCUT2D eigenvalue weighted by molar-refractivity contribution is 5.34. The van der Waals surface area contributed by atoms with Gasteiger partial charge in [-0.2, -0.15) is 0 Å². The van der Waals surface area contributed by atoms with Crippen molar-refractivity contribution in [1.82, 2.24) is 4.98 Å². The molecule has 66 valence electrons. The fourth-order valence-corrected chi connectivity index (χ4v) is 1.09. The molecule has 0 aromatic carbocycles. The molecule has 0 bridgehead atoms. The summed E-state index contributed by atoms with van der Waals surface area (Å²) >= 11 is 0. The van der Waals surface area contributed by atoms with E-state index in [1.165, 1.54) is 0 Å². The first-order valence-electron chi connectivity index (χ1n) is 3.91. The molecule has 0 saturated heterocycles. The van der Waals surface area contributed by atoms with E-state index in [-0.39, 0.29) is 6.04 Å². The Balaban J connectivity index is 3.12. The molecule has 1 heterocycles. The highest BCUT2D eigenvalue weighted by atomic mass is 16.5. The van der Waals surface area contributed by atoms with Crippen molar-refractivity contribution in [1.29, 1.82) is 0 Å². The zero-order valence-corrected chi connectivity index (χ0v) is 7.66. The highest BCUT2D eigenvalue weighted by Crippen LogP contribution is 2.22. The van der Waals surface area contributed by atoms with Gasteiger partial charge in [-0.15, -0.1) is 0 Å². The van der Waals surface area contributed by atoms with Crippen LogP contribution in [0.2, 0.25) is 0 Å². The maximum atomic E-state index is 5.75. The number of hydrogen-bond acceptors (Lipinski definition) is 3. The summed E-state index contributed by atoms with van der Waals surface area (Å²) in [5, 5.41) is 0. The maximum absolute atomic E-state index is 5.75. The van der Waals surface area contributed by atoms with Gasteiger partial charge in [0, 0.05) is 17.3 Å². The van der Waals surface area contributed by atoms with Crippen LogP contribution in [-0.2, 0) is 0 Å². The zero-order chi connectivity index (χ0) is 9.14. The molecule has 12 heavy (non-hydrogen) atoms. The predicted molar refractivity (Wildman–Crippen MR) is 48.1 cm³/mol. The molecule has 3 heteroatoms. The molecule has 1 aromatic rings. The monoisotopic (exact) mass is 166 g/mol. The van der Waals surface area contributed by atoms with Crippen LogP contribution in [0.25, 0.3) is 0 Å². The van der Waals surface area contributed by atoms with Crippen molar-refractivity contribution in [2.45, 2.75) is 19.9 Å². The van der Waals surface area contributed by atoms with Crippen molar-refractivity contribution in [3.8, 4) is 5.75 Å². The van der Waals surface area contributed by atoms with Gasteiger partial charge in [0.15, 0.2) is 0 Å². The number of hydrogen-bond donors (Lipinski definition) is 1. The average molecular weight is 166 g/mol. The van der Waals surface area contributed by atoms with E-state index in [0.29, 0.717) is 0 Å². The molecule has 0 spiro atoms. The first-order chi connectivity index (χ1) is 5.65. The quantitative estimate of drug-likeness (QED) is 0.722. The van der Waals surface area contributed by atoms with Crippen LogP contribution in [0.15, 0.2) is 12.3 Å². The molecule has 3 nitrogen and oxygen atoms in total. The van der Waals surface area contributed by atoms with Crippen molar-refractivity contribution >= 4 is 0 Å². The zero-order valence-electron chi connectivity index (χ0n) is 7.66. The third-order valence-corrected chi connectivity index (χ3v) is 1.74. The Morgan fingerprint density at radius 3 is 2.75 bits per heavy atom. The van der Waals surface area contributed by atoms with Crippen molar-refractivity contribution in [3.63, 3.8) is 0 Å². The smallest absolute Gasteiger partial charge is 0.141 e. The molecule has 1 aromatic heterocycles. The second kappa shape index (κ2) is 3.54. The first kappa shape index (κ1) is 9.00. The summed E-state index contributed by atoms with van der Waals surface area (Å²) in [5.74, 6) is 0.760. The minimum atomic E-state index is -0.0124. The van der Waals surface area contributed by atoms with Crippen LogP contribution < -0.4 is 10.5 Å². The number of methoxy groups -OCH3 is 1.